The molecule has 0 spiro atoms. The molecule has 0 aliphatic carbocycles. The second kappa shape index (κ2) is 6.64. The molecule has 19 heavy (non-hydrogen) atoms. The minimum absolute atomic E-state index is 0.153. The van der Waals surface area contributed by atoms with Crippen molar-refractivity contribution < 1.29 is 4.21 Å². The molecule has 1 atom stereocenters. The summed E-state index contributed by atoms with van der Waals surface area (Å²) < 4.78 is 16.5. The Kier molecular flexibility index (Phi) is 5.71. The second-order valence-electron chi connectivity index (χ2n) is 5.16. The summed E-state index contributed by atoms with van der Waals surface area (Å²) in [6.07, 6.45) is 0. The van der Waals surface area contributed by atoms with Crippen molar-refractivity contribution in [1.29, 1.82) is 0 Å². The molecule has 0 fully saturated rings. The third-order valence-corrected chi connectivity index (χ3v) is 5.01. The molecule has 1 heterocycles. The SMILES string of the molecule is CC.Cc1ccc(S(=O)NC(C)(C)C)c2sccc12. The van der Waals surface area contributed by atoms with Crippen LogP contribution in [0.15, 0.2) is 28.5 Å². The smallest absolute Gasteiger partial charge is 0.126 e. The van der Waals surface area contributed by atoms with Crippen LogP contribution in [0.4, 0.5) is 0 Å². The number of benzene rings is 1. The minimum atomic E-state index is -1.15. The van der Waals surface area contributed by atoms with Crippen molar-refractivity contribution in [3.63, 3.8) is 0 Å². The van der Waals surface area contributed by atoms with Crippen LogP contribution in [0.2, 0.25) is 0 Å². The minimum Gasteiger partial charge on any atom is -0.237 e. The molecule has 2 rings (SSSR count). The maximum Gasteiger partial charge on any atom is 0.126 e. The molecule has 1 aromatic heterocycles. The monoisotopic (exact) mass is 297 g/mol. The topological polar surface area (TPSA) is 29.1 Å². The molecular formula is C15H23NOS2. The zero-order valence-corrected chi connectivity index (χ0v) is 14.2. The molecule has 1 aromatic carbocycles. The fourth-order valence-electron chi connectivity index (χ4n) is 1.66. The standard InChI is InChI=1S/C13H17NOS2.C2H6/c1-9-5-6-11(12-10(9)7-8-16-12)17(15)14-13(2,3)4;1-2/h5-8,14H,1-4H3;1-2H3. The highest BCUT2D eigenvalue weighted by atomic mass is 32.2. The number of hydrogen-bond donors (Lipinski definition) is 1. The number of aryl methyl sites for hydroxylation is 1. The number of hydrogen-bond acceptors (Lipinski definition) is 2. The Labute approximate surface area is 122 Å². The van der Waals surface area contributed by atoms with E-state index in [1.54, 1.807) is 11.3 Å². The molecule has 0 saturated heterocycles. The van der Waals surface area contributed by atoms with Gasteiger partial charge < -0.3 is 0 Å². The molecule has 1 unspecified atom stereocenters. The van der Waals surface area contributed by atoms with Gasteiger partial charge in [-0.1, -0.05) is 19.9 Å². The van der Waals surface area contributed by atoms with E-state index >= 15 is 0 Å². The summed E-state index contributed by atoms with van der Waals surface area (Å²) in [5.41, 5.74) is 1.08. The van der Waals surface area contributed by atoms with Gasteiger partial charge in [0.25, 0.3) is 0 Å². The maximum atomic E-state index is 12.3. The first-order valence-corrected chi connectivity index (χ1v) is 8.58. The number of fused-ring (bicyclic) bond motifs is 1. The summed E-state index contributed by atoms with van der Waals surface area (Å²) in [6, 6.07) is 6.09. The van der Waals surface area contributed by atoms with E-state index in [0.717, 1.165) is 9.60 Å². The number of nitrogens with one attached hydrogen (secondary N) is 1. The molecular weight excluding hydrogens is 274 g/mol. The van der Waals surface area contributed by atoms with Gasteiger partial charge in [-0.15, -0.1) is 11.3 Å². The molecule has 0 aliphatic heterocycles. The van der Waals surface area contributed by atoms with Crippen molar-refractivity contribution in [3.05, 3.63) is 29.1 Å². The lowest BCUT2D eigenvalue weighted by molar-refractivity contribution is 0.520. The Morgan fingerprint density at radius 3 is 2.37 bits per heavy atom. The van der Waals surface area contributed by atoms with Gasteiger partial charge in [0, 0.05) is 5.54 Å². The van der Waals surface area contributed by atoms with Crippen LogP contribution < -0.4 is 4.72 Å². The molecule has 0 radical (unpaired) electrons. The van der Waals surface area contributed by atoms with Crippen molar-refractivity contribution in [3.8, 4) is 0 Å². The Bertz CT molecular complexity index is 567. The van der Waals surface area contributed by atoms with Crippen molar-refractivity contribution in [1.82, 2.24) is 4.72 Å². The van der Waals surface area contributed by atoms with E-state index in [1.165, 1.54) is 10.9 Å². The van der Waals surface area contributed by atoms with Gasteiger partial charge in [0.05, 0.1) is 9.60 Å². The Morgan fingerprint density at radius 1 is 1.16 bits per heavy atom. The molecule has 106 valence electrons. The molecule has 4 heteroatoms. The molecule has 0 bridgehead atoms. The van der Waals surface area contributed by atoms with E-state index in [0.29, 0.717) is 0 Å². The van der Waals surface area contributed by atoms with Crippen LogP contribution in [0.3, 0.4) is 0 Å². The average molecular weight is 297 g/mol. The van der Waals surface area contributed by atoms with Gasteiger partial charge in [-0.2, -0.15) is 0 Å². The normalized spacial score (nSPS) is 12.9. The van der Waals surface area contributed by atoms with Gasteiger partial charge in [-0.05, 0) is 56.2 Å². The van der Waals surface area contributed by atoms with Crippen LogP contribution in [-0.2, 0) is 11.0 Å². The Balaban J connectivity index is 0.000000861. The van der Waals surface area contributed by atoms with Crippen LogP contribution in [0.25, 0.3) is 10.1 Å². The first kappa shape index (κ1) is 16.3. The van der Waals surface area contributed by atoms with E-state index in [1.807, 2.05) is 46.8 Å². The van der Waals surface area contributed by atoms with Crippen molar-refractivity contribution in [2.24, 2.45) is 0 Å². The third-order valence-electron chi connectivity index (χ3n) is 2.40. The largest absolute Gasteiger partial charge is 0.237 e. The predicted octanol–water partition coefficient (Wildman–Crippen LogP) is 4.65. The van der Waals surface area contributed by atoms with Crippen molar-refractivity contribution in [2.45, 2.75) is 52.0 Å². The van der Waals surface area contributed by atoms with Crippen LogP contribution in [0.5, 0.6) is 0 Å². The second-order valence-corrected chi connectivity index (χ2v) is 7.26. The van der Waals surface area contributed by atoms with Crippen LogP contribution in [0, 0.1) is 6.92 Å². The van der Waals surface area contributed by atoms with E-state index < -0.39 is 11.0 Å². The van der Waals surface area contributed by atoms with Crippen LogP contribution in [0.1, 0.15) is 40.2 Å². The fourth-order valence-corrected chi connectivity index (χ4v) is 4.04. The van der Waals surface area contributed by atoms with Crippen LogP contribution >= 0.6 is 11.3 Å². The average Bonchev–Trinajstić information content (AvgIpc) is 2.79. The predicted molar refractivity (Wildman–Crippen MR) is 87.2 cm³/mol. The van der Waals surface area contributed by atoms with Crippen LogP contribution in [-0.4, -0.2) is 9.75 Å². The molecule has 0 amide bonds. The van der Waals surface area contributed by atoms with E-state index in [9.17, 15) is 4.21 Å². The van der Waals surface area contributed by atoms with Gasteiger partial charge in [-0.3, -0.25) is 0 Å². The molecule has 2 nitrogen and oxygen atoms in total. The van der Waals surface area contributed by atoms with Gasteiger partial charge >= 0.3 is 0 Å². The summed E-state index contributed by atoms with van der Waals surface area (Å²) in [5, 5.41) is 3.26. The summed E-state index contributed by atoms with van der Waals surface area (Å²) in [7, 11) is -1.15. The highest BCUT2D eigenvalue weighted by Crippen LogP contribution is 2.29. The van der Waals surface area contributed by atoms with E-state index in [4.69, 9.17) is 0 Å². The van der Waals surface area contributed by atoms with Crippen molar-refractivity contribution >= 4 is 32.4 Å². The number of thiophene rings is 1. The van der Waals surface area contributed by atoms with Gasteiger partial charge in [0.1, 0.15) is 11.0 Å². The fraction of sp³-hybridized carbons (Fsp3) is 0.467. The first-order chi connectivity index (χ1) is 8.88. The Morgan fingerprint density at radius 2 is 1.79 bits per heavy atom. The highest BCUT2D eigenvalue weighted by Gasteiger charge is 2.17. The zero-order valence-electron chi connectivity index (χ0n) is 12.5. The third kappa shape index (κ3) is 4.13. The van der Waals surface area contributed by atoms with E-state index in [-0.39, 0.29) is 5.54 Å². The molecule has 2 aromatic rings. The quantitative estimate of drug-likeness (QED) is 0.859. The first-order valence-electron chi connectivity index (χ1n) is 6.55. The number of rotatable bonds is 2. The van der Waals surface area contributed by atoms with Crippen molar-refractivity contribution in [2.75, 3.05) is 0 Å². The summed E-state index contributed by atoms with van der Waals surface area (Å²) in [6.45, 7) is 12.1. The lowest BCUT2D eigenvalue weighted by Gasteiger charge is -2.19. The molecule has 0 saturated carbocycles. The summed E-state index contributed by atoms with van der Waals surface area (Å²) >= 11 is 1.65. The van der Waals surface area contributed by atoms with E-state index in [2.05, 4.69) is 23.1 Å². The lowest BCUT2D eigenvalue weighted by atomic mass is 10.1. The molecule has 1 N–H and O–H groups in total. The van der Waals surface area contributed by atoms with Gasteiger partial charge in [0.15, 0.2) is 0 Å². The highest BCUT2D eigenvalue weighted by molar-refractivity contribution is 7.83. The summed E-state index contributed by atoms with van der Waals surface area (Å²) in [4.78, 5) is 0.885. The lowest BCUT2D eigenvalue weighted by Crippen LogP contribution is -2.37. The Hall–Kier alpha value is -0.710. The van der Waals surface area contributed by atoms with Gasteiger partial charge in [-0.25, -0.2) is 8.93 Å². The zero-order chi connectivity index (χ0) is 14.6. The molecule has 0 aliphatic rings. The maximum absolute atomic E-state index is 12.3. The van der Waals surface area contributed by atoms with Gasteiger partial charge in [0.2, 0.25) is 0 Å². The summed E-state index contributed by atoms with van der Waals surface area (Å²) in [5.74, 6) is 0.